The molecule has 0 fully saturated rings. The quantitative estimate of drug-likeness (QED) is 0.638. The van der Waals surface area contributed by atoms with E-state index < -0.39 is 0 Å². The maximum Gasteiger partial charge on any atom is 0.258 e. The summed E-state index contributed by atoms with van der Waals surface area (Å²) in [6.45, 7) is 0. The standard InChI is InChI=1S/C13H6Br2ClN3O2/c14-7-4-8(15)11(17-5-7)12-18-13(21-19-12)6-1-2-10(20)9(16)3-6/h1-5,20H. The second-order valence-corrected chi connectivity index (χ2v) is 6.25. The number of hydrogen-bond acceptors (Lipinski definition) is 5. The van der Waals surface area contributed by atoms with Crippen molar-refractivity contribution in [2.24, 2.45) is 0 Å². The third-order valence-corrected chi connectivity index (χ3v) is 3.98. The molecule has 1 aromatic carbocycles. The van der Waals surface area contributed by atoms with Gasteiger partial charge in [0.15, 0.2) is 0 Å². The van der Waals surface area contributed by atoms with Crippen molar-refractivity contribution in [1.29, 1.82) is 0 Å². The summed E-state index contributed by atoms with van der Waals surface area (Å²) in [7, 11) is 0. The summed E-state index contributed by atoms with van der Waals surface area (Å²) in [6, 6.07) is 6.51. The molecule has 21 heavy (non-hydrogen) atoms. The van der Waals surface area contributed by atoms with Crippen molar-refractivity contribution < 1.29 is 9.63 Å². The molecule has 3 aromatic rings. The fourth-order valence-corrected chi connectivity index (χ4v) is 3.00. The van der Waals surface area contributed by atoms with Gasteiger partial charge in [-0.2, -0.15) is 4.98 Å². The molecule has 0 saturated heterocycles. The van der Waals surface area contributed by atoms with E-state index >= 15 is 0 Å². The van der Waals surface area contributed by atoms with Crippen molar-refractivity contribution in [2.75, 3.05) is 0 Å². The lowest BCUT2D eigenvalue weighted by Gasteiger charge is -1.98. The molecule has 0 bridgehead atoms. The Labute approximate surface area is 141 Å². The van der Waals surface area contributed by atoms with Crippen molar-refractivity contribution in [3.63, 3.8) is 0 Å². The Balaban J connectivity index is 2.01. The minimum atomic E-state index is -0.00234. The molecule has 106 valence electrons. The molecule has 0 radical (unpaired) electrons. The molecule has 2 heterocycles. The van der Waals surface area contributed by atoms with E-state index in [4.69, 9.17) is 16.1 Å². The molecule has 0 spiro atoms. The summed E-state index contributed by atoms with van der Waals surface area (Å²) in [5, 5.41) is 13.5. The molecule has 0 aliphatic heterocycles. The molecule has 0 aliphatic rings. The fraction of sp³-hybridized carbons (Fsp3) is 0. The zero-order chi connectivity index (χ0) is 15.0. The van der Waals surface area contributed by atoms with E-state index in [0.717, 1.165) is 8.95 Å². The molecule has 0 aliphatic carbocycles. The first-order valence-corrected chi connectivity index (χ1v) is 7.65. The van der Waals surface area contributed by atoms with Crippen LogP contribution in [0.3, 0.4) is 0 Å². The Hall–Kier alpha value is -1.44. The van der Waals surface area contributed by atoms with Crippen molar-refractivity contribution >= 4 is 43.5 Å². The van der Waals surface area contributed by atoms with E-state index in [1.807, 2.05) is 6.07 Å². The van der Waals surface area contributed by atoms with E-state index in [9.17, 15) is 5.11 Å². The molecule has 0 atom stereocenters. The predicted molar refractivity (Wildman–Crippen MR) is 85.0 cm³/mol. The molecule has 0 saturated carbocycles. The second-order valence-electron chi connectivity index (χ2n) is 4.07. The van der Waals surface area contributed by atoms with Crippen LogP contribution >= 0.6 is 43.5 Å². The lowest BCUT2D eigenvalue weighted by molar-refractivity contribution is 0.432. The van der Waals surface area contributed by atoms with Gasteiger partial charge in [0.1, 0.15) is 11.4 Å². The van der Waals surface area contributed by atoms with E-state index in [0.29, 0.717) is 23.0 Å². The highest BCUT2D eigenvalue weighted by molar-refractivity contribution is 9.11. The molecule has 2 aromatic heterocycles. The van der Waals surface area contributed by atoms with E-state index in [-0.39, 0.29) is 10.8 Å². The Bertz CT molecular complexity index is 823. The van der Waals surface area contributed by atoms with Gasteiger partial charge in [0.25, 0.3) is 5.89 Å². The topological polar surface area (TPSA) is 72.0 Å². The van der Waals surface area contributed by atoms with Gasteiger partial charge in [0, 0.05) is 20.7 Å². The average Bonchev–Trinajstić information content (AvgIpc) is 2.91. The fourth-order valence-electron chi connectivity index (χ4n) is 1.66. The van der Waals surface area contributed by atoms with E-state index in [1.165, 1.54) is 6.07 Å². The number of pyridine rings is 1. The van der Waals surface area contributed by atoms with Crippen LogP contribution in [-0.2, 0) is 0 Å². The van der Waals surface area contributed by atoms with Crippen LogP contribution in [-0.4, -0.2) is 20.2 Å². The van der Waals surface area contributed by atoms with Crippen LogP contribution < -0.4 is 0 Å². The zero-order valence-corrected chi connectivity index (χ0v) is 14.1. The maximum absolute atomic E-state index is 9.42. The van der Waals surface area contributed by atoms with Crippen molar-refractivity contribution in [1.82, 2.24) is 15.1 Å². The first-order valence-electron chi connectivity index (χ1n) is 5.68. The Morgan fingerprint density at radius 2 is 2.00 bits per heavy atom. The van der Waals surface area contributed by atoms with Gasteiger partial charge >= 0.3 is 0 Å². The molecular weight excluding hydrogens is 425 g/mol. The lowest BCUT2D eigenvalue weighted by Crippen LogP contribution is -1.87. The molecule has 3 rings (SSSR count). The number of benzene rings is 1. The van der Waals surface area contributed by atoms with Crippen LogP contribution in [0.2, 0.25) is 5.02 Å². The minimum Gasteiger partial charge on any atom is -0.506 e. The predicted octanol–water partition coefficient (Wildman–Crippen LogP) is 4.68. The summed E-state index contributed by atoms with van der Waals surface area (Å²) in [5.41, 5.74) is 1.18. The van der Waals surface area contributed by atoms with Crippen LogP contribution in [0, 0.1) is 0 Å². The number of rotatable bonds is 2. The number of aromatic nitrogens is 3. The van der Waals surface area contributed by atoms with Gasteiger partial charge in [0.2, 0.25) is 5.82 Å². The summed E-state index contributed by atoms with van der Waals surface area (Å²) in [6.07, 6.45) is 1.65. The van der Waals surface area contributed by atoms with Gasteiger partial charge in [-0.1, -0.05) is 16.8 Å². The summed E-state index contributed by atoms with van der Waals surface area (Å²) >= 11 is 12.6. The van der Waals surface area contributed by atoms with E-state index in [1.54, 1.807) is 18.3 Å². The van der Waals surface area contributed by atoms with Crippen molar-refractivity contribution in [3.8, 4) is 28.7 Å². The largest absolute Gasteiger partial charge is 0.506 e. The monoisotopic (exact) mass is 429 g/mol. The van der Waals surface area contributed by atoms with Gasteiger partial charge in [-0.15, -0.1) is 0 Å². The van der Waals surface area contributed by atoms with Crippen LogP contribution in [0.5, 0.6) is 5.75 Å². The van der Waals surface area contributed by atoms with Crippen molar-refractivity contribution in [2.45, 2.75) is 0 Å². The van der Waals surface area contributed by atoms with Crippen molar-refractivity contribution in [3.05, 3.63) is 44.4 Å². The molecule has 0 amide bonds. The van der Waals surface area contributed by atoms with Crippen LogP contribution in [0.1, 0.15) is 0 Å². The Morgan fingerprint density at radius 1 is 1.19 bits per heavy atom. The first-order chi connectivity index (χ1) is 10.0. The Kier molecular flexibility index (Phi) is 3.97. The number of nitrogens with zero attached hydrogens (tertiary/aromatic N) is 3. The third-order valence-electron chi connectivity index (χ3n) is 2.64. The number of aromatic hydroxyl groups is 1. The summed E-state index contributed by atoms with van der Waals surface area (Å²) in [5.74, 6) is 0.648. The molecule has 0 unspecified atom stereocenters. The third kappa shape index (κ3) is 2.95. The maximum atomic E-state index is 9.42. The van der Waals surface area contributed by atoms with Gasteiger partial charge in [-0.05, 0) is 56.1 Å². The van der Waals surface area contributed by atoms with Gasteiger partial charge in [-0.3, -0.25) is 4.98 Å². The first kappa shape index (κ1) is 14.5. The zero-order valence-electron chi connectivity index (χ0n) is 10.2. The molecular formula is C13H6Br2ClN3O2. The Morgan fingerprint density at radius 3 is 2.71 bits per heavy atom. The lowest BCUT2D eigenvalue weighted by atomic mass is 10.2. The second kappa shape index (κ2) is 5.75. The SMILES string of the molecule is Oc1ccc(-c2nc(-c3ncc(Br)cc3Br)no2)cc1Cl. The van der Waals surface area contributed by atoms with Gasteiger partial charge < -0.3 is 9.63 Å². The summed E-state index contributed by atoms with van der Waals surface area (Å²) in [4.78, 5) is 8.53. The van der Waals surface area contributed by atoms with E-state index in [2.05, 4.69) is 47.0 Å². The minimum absolute atomic E-state index is 0.00234. The number of halogens is 3. The number of phenolic OH excluding ortho intramolecular Hbond substituents is 1. The van der Waals surface area contributed by atoms with Gasteiger partial charge in [-0.25, -0.2) is 0 Å². The summed E-state index contributed by atoms with van der Waals surface area (Å²) < 4.78 is 6.79. The van der Waals surface area contributed by atoms with Crippen LogP contribution in [0.15, 0.2) is 43.9 Å². The highest BCUT2D eigenvalue weighted by atomic mass is 79.9. The van der Waals surface area contributed by atoms with Crippen LogP contribution in [0.4, 0.5) is 0 Å². The highest BCUT2D eigenvalue weighted by Crippen LogP contribution is 2.31. The highest BCUT2D eigenvalue weighted by Gasteiger charge is 2.15. The number of phenols is 1. The van der Waals surface area contributed by atoms with Crippen LogP contribution in [0.25, 0.3) is 23.0 Å². The normalized spacial score (nSPS) is 10.8. The molecule has 5 nitrogen and oxygen atoms in total. The number of hydrogen-bond donors (Lipinski definition) is 1. The average molecular weight is 431 g/mol. The molecule has 8 heteroatoms. The van der Waals surface area contributed by atoms with Gasteiger partial charge in [0.05, 0.1) is 5.02 Å². The molecule has 1 N–H and O–H groups in total. The smallest absolute Gasteiger partial charge is 0.258 e.